The van der Waals surface area contributed by atoms with E-state index < -0.39 is 0 Å². The molecule has 2 heterocycles. The van der Waals surface area contributed by atoms with Crippen molar-refractivity contribution < 1.29 is 14.3 Å². The van der Waals surface area contributed by atoms with Crippen molar-refractivity contribution in [1.29, 1.82) is 0 Å². The van der Waals surface area contributed by atoms with E-state index in [0.29, 0.717) is 18.3 Å². The predicted octanol–water partition coefficient (Wildman–Crippen LogP) is 2.86. The van der Waals surface area contributed by atoms with Gasteiger partial charge in [0.2, 0.25) is 0 Å². The molecule has 3 heteroatoms. The van der Waals surface area contributed by atoms with E-state index in [1.807, 2.05) is 0 Å². The summed E-state index contributed by atoms with van der Waals surface area (Å²) < 4.78 is 11.5. The van der Waals surface area contributed by atoms with E-state index in [1.165, 1.54) is 25.7 Å². The van der Waals surface area contributed by atoms with Crippen LogP contribution in [0.2, 0.25) is 0 Å². The van der Waals surface area contributed by atoms with Gasteiger partial charge in [0.05, 0.1) is 11.7 Å². The van der Waals surface area contributed by atoms with Crippen LogP contribution in [0, 0.1) is 5.92 Å². The Labute approximate surface area is 109 Å². The minimum absolute atomic E-state index is 0.0996. The standard InChI is InChI=1S/C15H24O3/c16-14(5-4-13-3-1-9-17-13)12-6-10-18-15(11-12)7-2-8-15/h12-13H,1-11H2. The lowest BCUT2D eigenvalue weighted by molar-refractivity contribution is -0.155. The third kappa shape index (κ3) is 2.62. The molecule has 18 heavy (non-hydrogen) atoms. The van der Waals surface area contributed by atoms with E-state index in [2.05, 4.69) is 0 Å². The summed E-state index contributed by atoms with van der Waals surface area (Å²) >= 11 is 0. The fourth-order valence-electron chi connectivity index (χ4n) is 3.60. The molecule has 102 valence electrons. The van der Waals surface area contributed by atoms with Crippen molar-refractivity contribution in [3.63, 3.8) is 0 Å². The molecule has 2 unspecified atom stereocenters. The number of Topliss-reactive ketones (excluding diaryl/α,β-unsaturated/α-hetero) is 1. The highest BCUT2D eigenvalue weighted by Crippen LogP contribution is 2.44. The SMILES string of the molecule is O=C(CCC1CCCO1)C1CCOC2(CCC2)C1. The fourth-order valence-corrected chi connectivity index (χ4v) is 3.60. The third-order valence-electron chi connectivity index (χ3n) is 4.95. The summed E-state index contributed by atoms with van der Waals surface area (Å²) in [6.07, 6.45) is 9.84. The zero-order chi connectivity index (χ0) is 12.4. The summed E-state index contributed by atoms with van der Waals surface area (Å²) in [4.78, 5) is 12.3. The lowest BCUT2D eigenvalue weighted by Crippen LogP contribution is -2.47. The Morgan fingerprint density at radius 3 is 2.72 bits per heavy atom. The predicted molar refractivity (Wildman–Crippen MR) is 68.5 cm³/mol. The minimum atomic E-state index is 0.0996. The molecule has 0 aromatic rings. The zero-order valence-corrected chi connectivity index (χ0v) is 11.2. The maximum atomic E-state index is 12.3. The third-order valence-corrected chi connectivity index (χ3v) is 4.95. The minimum Gasteiger partial charge on any atom is -0.378 e. The Bertz CT molecular complexity index is 303. The number of carbonyl (C=O) groups is 1. The summed E-state index contributed by atoms with van der Waals surface area (Å²) in [7, 11) is 0. The second-order valence-electron chi connectivity index (χ2n) is 6.21. The monoisotopic (exact) mass is 252 g/mol. The van der Waals surface area contributed by atoms with Crippen molar-refractivity contribution in [2.24, 2.45) is 5.92 Å². The highest BCUT2D eigenvalue weighted by Gasteiger charge is 2.44. The van der Waals surface area contributed by atoms with Gasteiger partial charge in [0.1, 0.15) is 5.78 Å². The van der Waals surface area contributed by atoms with Crippen molar-refractivity contribution in [3.8, 4) is 0 Å². The lowest BCUT2D eigenvalue weighted by atomic mass is 9.71. The molecule has 0 aromatic carbocycles. The van der Waals surface area contributed by atoms with Crippen LogP contribution in [0.4, 0.5) is 0 Å². The molecule has 3 rings (SSSR count). The Balaban J connectivity index is 1.46. The molecule has 0 aromatic heterocycles. The maximum Gasteiger partial charge on any atom is 0.136 e. The number of rotatable bonds is 4. The molecule has 0 radical (unpaired) electrons. The van der Waals surface area contributed by atoms with Crippen molar-refractivity contribution in [2.75, 3.05) is 13.2 Å². The van der Waals surface area contributed by atoms with Crippen LogP contribution in [0.5, 0.6) is 0 Å². The van der Waals surface area contributed by atoms with Gasteiger partial charge >= 0.3 is 0 Å². The van der Waals surface area contributed by atoms with Gasteiger partial charge in [-0.3, -0.25) is 4.79 Å². The quantitative estimate of drug-likeness (QED) is 0.771. The van der Waals surface area contributed by atoms with Gasteiger partial charge in [0, 0.05) is 25.6 Å². The van der Waals surface area contributed by atoms with Crippen LogP contribution >= 0.6 is 0 Å². The van der Waals surface area contributed by atoms with Gasteiger partial charge in [-0.15, -0.1) is 0 Å². The Hall–Kier alpha value is -0.410. The van der Waals surface area contributed by atoms with E-state index >= 15 is 0 Å². The number of ether oxygens (including phenoxy) is 2. The van der Waals surface area contributed by atoms with Crippen LogP contribution in [0.15, 0.2) is 0 Å². The molecule has 0 bridgehead atoms. The van der Waals surface area contributed by atoms with E-state index in [-0.39, 0.29) is 11.5 Å². The van der Waals surface area contributed by atoms with Crippen molar-refractivity contribution >= 4 is 5.78 Å². The molecule has 0 amide bonds. The molecule has 0 N–H and O–H groups in total. The maximum absolute atomic E-state index is 12.3. The Kier molecular flexibility index (Phi) is 3.71. The lowest BCUT2D eigenvalue weighted by Gasteiger charge is -2.46. The average molecular weight is 252 g/mol. The molecular weight excluding hydrogens is 228 g/mol. The Morgan fingerprint density at radius 2 is 2.06 bits per heavy atom. The molecule has 3 fully saturated rings. The second-order valence-corrected chi connectivity index (χ2v) is 6.21. The highest BCUT2D eigenvalue weighted by molar-refractivity contribution is 5.81. The van der Waals surface area contributed by atoms with E-state index in [9.17, 15) is 4.79 Å². The number of hydrogen-bond acceptors (Lipinski definition) is 3. The zero-order valence-electron chi connectivity index (χ0n) is 11.2. The van der Waals surface area contributed by atoms with E-state index in [4.69, 9.17) is 9.47 Å². The average Bonchev–Trinajstić information content (AvgIpc) is 2.87. The van der Waals surface area contributed by atoms with Gasteiger partial charge in [-0.2, -0.15) is 0 Å². The van der Waals surface area contributed by atoms with Crippen molar-refractivity contribution in [2.45, 2.75) is 69.5 Å². The summed E-state index contributed by atoms with van der Waals surface area (Å²) in [6.45, 7) is 1.68. The molecule has 1 saturated carbocycles. The van der Waals surface area contributed by atoms with Crippen molar-refractivity contribution in [1.82, 2.24) is 0 Å². The number of carbonyl (C=O) groups excluding carboxylic acids is 1. The molecule has 2 atom stereocenters. The molecule has 2 aliphatic heterocycles. The van der Waals surface area contributed by atoms with E-state index in [0.717, 1.165) is 38.9 Å². The van der Waals surface area contributed by atoms with Crippen LogP contribution in [-0.4, -0.2) is 30.7 Å². The first kappa shape index (κ1) is 12.6. The molecule has 2 saturated heterocycles. The van der Waals surface area contributed by atoms with Gasteiger partial charge in [0.15, 0.2) is 0 Å². The first-order valence-corrected chi connectivity index (χ1v) is 7.56. The smallest absolute Gasteiger partial charge is 0.136 e. The highest BCUT2D eigenvalue weighted by atomic mass is 16.5. The van der Waals surface area contributed by atoms with Gasteiger partial charge < -0.3 is 9.47 Å². The van der Waals surface area contributed by atoms with Gasteiger partial charge in [-0.25, -0.2) is 0 Å². The van der Waals surface area contributed by atoms with Gasteiger partial charge in [-0.05, 0) is 51.4 Å². The van der Waals surface area contributed by atoms with Crippen LogP contribution in [0.1, 0.15) is 57.8 Å². The molecule has 1 spiro atoms. The van der Waals surface area contributed by atoms with Crippen LogP contribution in [0.25, 0.3) is 0 Å². The van der Waals surface area contributed by atoms with Crippen LogP contribution in [-0.2, 0) is 14.3 Å². The molecular formula is C15H24O3. The fraction of sp³-hybridized carbons (Fsp3) is 0.933. The second kappa shape index (κ2) is 5.30. The normalized spacial score (nSPS) is 34.4. The van der Waals surface area contributed by atoms with Crippen molar-refractivity contribution in [3.05, 3.63) is 0 Å². The first-order valence-electron chi connectivity index (χ1n) is 7.56. The molecule has 3 nitrogen and oxygen atoms in total. The number of ketones is 1. The number of hydrogen-bond donors (Lipinski definition) is 0. The van der Waals surface area contributed by atoms with Crippen LogP contribution < -0.4 is 0 Å². The van der Waals surface area contributed by atoms with Gasteiger partial charge in [0.25, 0.3) is 0 Å². The summed E-state index contributed by atoms with van der Waals surface area (Å²) in [5.74, 6) is 0.723. The summed E-state index contributed by atoms with van der Waals surface area (Å²) in [6, 6.07) is 0. The largest absolute Gasteiger partial charge is 0.378 e. The first-order chi connectivity index (χ1) is 8.77. The van der Waals surface area contributed by atoms with Gasteiger partial charge in [-0.1, -0.05) is 0 Å². The van der Waals surface area contributed by atoms with Crippen LogP contribution in [0.3, 0.4) is 0 Å². The summed E-state index contributed by atoms with van der Waals surface area (Å²) in [5.41, 5.74) is 0.0996. The van der Waals surface area contributed by atoms with E-state index in [1.54, 1.807) is 0 Å². The molecule has 3 aliphatic rings. The Morgan fingerprint density at radius 1 is 1.17 bits per heavy atom. The summed E-state index contributed by atoms with van der Waals surface area (Å²) in [5, 5.41) is 0. The topological polar surface area (TPSA) is 35.5 Å². The molecule has 1 aliphatic carbocycles.